The lowest BCUT2D eigenvalue weighted by Gasteiger charge is -2.39. The average molecular weight is 458 g/mol. The lowest BCUT2D eigenvalue weighted by Crippen LogP contribution is -2.50. The summed E-state index contributed by atoms with van der Waals surface area (Å²) in [7, 11) is -3.97. The van der Waals surface area contributed by atoms with E-state index in [2.05, 4.69) is 10.6 Å². The fraction of sp³-hybridized carbons (Fsp3) is 0.526. The van der Waals surface area contributed by atoms with Gasteiger partial charge in [0.05, 0.1) is 6.61 Å². The van der Waals surface area contributed by atoms with Crippen LogP contribution in [0, 0.1) is 5.41 Å². The quantitative estimate of drug-likeness (QED) is 0.428. The molecule has 2 atom stereocenters. The Labute approximate surface area is 180 Å². The summed E-state index contributed by atoms with van der Waals surface area (Å²) < 4.78 is 29.0. The van der Waals surface area contributed by atoms with Gasteiger partial charge in [0.1, 0.15) is 5.75 Å². The van der Waals surface area contributed by atoms with Gasteiger partial charge < -0.3 is 15.2 Å². The molecule has 1 aromatic rings. The summed E-state index contributed by atoms with van der Waals surface area (Å²) in [5.41, 5.74) is -0.746. The second-order valence-corrected chi connectivity index (χ2v) is 10.1. The van der Waals surface area contributed by atoms with Crippen molar-refractivity contribution in [1.29, 1.82) is 0 Å². The predicted octanol–water partition coefficient (Wildman–Crippen LogP) is 2.52. The topological polar surface area (TPSA) is 120 Å². The van der Waals surface area contributed by atoms with Crippen LogP contribution in [0.2, 0.25) is 0 Å². The van der Waals surface area contributed by atoms with Crippen molar-refractivity contribution in [3.05, 3.63) is 30.3 Å². The highest BCUT2D eigenvalue weighted by Crippen LogP contribution is 2.56. The number of para-hydroxylation sites is 1. The van der Waals surface area contributed by atoms with Crippen molar-refractivity contribution in [2.24, 2.45) is 5.41 Å². The molecule has 1 aliphatic rings. The second-order valence-electron chi connectivity index (χ2n) is 7.33. The monoisotopic (exact) mass is 458 g/mol. The third-order valence-electron chi connectivity index (χ3n) is 4.12. The normalized spacial score (nSPS) is 22.7. The van der Waals surface area contributed by atoms with Crippen molar-refractivity contribution in [1.82, 2.24) is 10.6 Å². The van der Waals surface area contributed by atoms with E-state index in [9.17, 15) is 18.9 Å². The van der Waals surface area contributed by atoms with Crippen LogP contribution in [-0.2, 0) is 28.0 Å². The minimum Gasteiger partial charge on any atom is -0.404 e. The predicted molar refractivity (Wildman–Crippen MR) is 113 cm³/mol. The molecule has 11 heteroatoms. The maximum absolute atomic E-state index is 12.8. The lowest BCUT2D eigenvalue weighted by molar-refractivity contribution is -0.140. The molecule has 1 saturated heterocycles. The number of phosphoric acid groups is 1. The largest absolute Gasteiger partial charge is 0.530 e. The molecule has 1 fully saturated rings. The maximum atomic E-state index is 12.8. The number of nitrogens with one attached hydrogen (secondary N) is 2. The highest BCUT2D eigenvalue weighted by molar-refractivity contribution is 8.13. The summed E-state index contributed by atoms with van der Waals surface area (Å²) in [6.45, 7) is 5.43. The van der Waals surface area contributed by atoms with E-state index in [0.29, 0.717) is 18.0 Å². The molecule has 1 aliphatic heterocycles. The summed E-state index contributed by atoms with van der Waals surface area (Å²) in [5, 5.41) is 5.29. The second kappa shape index (κ2) is 10.9. The molecule has 0 radical (unpaired) electrons. The smallest absolute Gasteiger partial charge is 0.404 e. The van der Waals surface area contributed by atoms with E-state index in [1.807, 2.05) is 0 Å². The third-order valence-corrected chi connectivity index (χ3v) is 6.28. The van der Waals surface area contributed by atoms with E-state index in [0.717, 1.165) is 11.8 Å². The SMILES string of the molecule is CC(=O)SCCNC(=O)CCNC(=O)[C@@H]1O[P@](=O)(Oc2ccccc2)OCC1(C)C. The van der Waals surface area contributed by atoms with Crippen molar-refractivity contribution in [3.63, 3.8) is 0 Å². The van der Waals surface area contributed by atoms with E-state index in [1.165, 1.54) is 6.92 Å². The van der Waals surface area contributed by atoms with E-state index in [4.69, 9.17) is 13.6 Å². The van der Waals surface area contributed by atoms with Crippen molar-refractivity contribution in [2.75, 3.05) is 25.4 Å². The molecule has 0 aromatic heterocycles. The Balaban J connectivity index is 1.84. The first-order valence-electron chi connectivity index (χ1n) is 9.47. The highest BCUT2D eigenvalue weighted by Gasteiger charge is 2.49. The minimum absolute atomic E-state index is 0.00347. The van der Waals surface area contributed by atoms with E-state index in [-0.39, 0.29) is 30.6 Å². The van der Waals surface area contributed by atoms with Gasteiger partial charge in [-0.3, -0.25) is 23.4 Å². The molecular formula is C19H27N2O7PS. The van der Waals surface area contributed by atoms with Crippen LogP contribution in [-0.4, -0.2) is 48.5 Å². The number of thioether (sulfide) groups is 1. The Bertz CT molecular complexity index is 803. The fourth-order valence-electron chi connectivity index (χ4n) is 2.55. The number of carbonyl (C=O) groups is 3. The molecule has 0 unspecified atom stereocenters. The van der Waals surface area contributed by atoms with Gasteiger partial charge in [-0.25, -0.2) is 4.57 Å². The summed E-state index contributed by atoms with van der Waals surface area (Å²) in [4.78, 5) is 35.3. The average Bonchev–Trinajstić information content (AvgIpc) is 2.68. The molecule has 0 aliphatic carbocycles. The third kappa shape index (κ3) is 7.75. The highest BCUT2D eigenvalue weighted by atomic mass is 32.2. The molecule has 9 nitrogen and oxygen atoms in total. The van der Waals surface area contributed by atoms with Crippen LogP contribution in [0.4, 0.5) is 0 Å². The lowest BCUT2D eigenvalue weighted by atomic mass is 9.87. The maximum Gasteiger partial charge on any atom is 0.530 e. The molecule has 2 N–H and O–H groups in total. The van der Waals surface area contributed by atoms with Gasteiger partial charge >= 0.3 is 7.82 Å². The van der Waals surface area contributed by atoms with Crippen LogP contribution < -0.4 is 15.2 Å². The molecule has 2 rings (SSSR count). The van der Waals surface area contributed by atoms with Crippen LogP contribution in [0.15, 0.2) is 30.3 Å². The van der Waals surface area contributed by atoms with Gasteiger partial charge in [0.15, 0.2) is 11.2 Å². The first-order valence-corrected chi connectivity index (χ1v) is 11.9. The van der Waals surface area contributed by atoms with Gasteiger partial charge in [-0.1, -0.05) is 43.8 Å². The Kier molecular flexibility index (Phi) is 8.91. The zero-order valence-electron chi connectivity index (χ0n) is 17.2. The Hall–Kier alpha value is -1.87. The number of carbonyl (C=O) groups excluding carboxylic acids is 3. The molecule has 166 valence electrons. The molecule has 0 saturated carbocycles. The fourth-order valence-corrected chi connectivity index (χ4v) is 4.71. The standard InChI is InChI=1S/C19H27N2O7PS/c1-14(22)30-12-11-20-16(23)9-10-21-18(24)17-19(2,3)13-26-29(25,28-17)27-15-7-5-4-6-8-15/h4-8,17H,9-13H2,1-3H3,(H,20,23)(H,21,24)/t17-,29-/m0/s1. The first kappa shape index (κ1) is 24.4. The molecule has 0 bridgehead atoms. The van der Waals surface area contributed by atoms with Crippen LogP contribution in [0.5, 0.6) is 5.75 Å². The summed E-state index contributed by atoms with van der Waals surface area (Å²) >= 11 is 1.13. The number of hydrogen-bond acceptors (Lipinski definition) is 8. The number of hydrogen-bond donors (Lipinski definition) is 2. The van der Waals surface area contributed by atoms with Gasteiger partial charge in [0.25, 0.3) is 5.91 Å². The van der Waals surface area contributed by atoms with Crippen molar-refractivity contribution in [2.45, 2.75) is 33.3 Å². The summed E-state index contributed by atoms with van der Waals surface area (Å²) in [6.07, 6.45) is -1.01. The molecule has 30 heavy (non-hydrogen) atoms. The van der Waals surface area contributed by atoms with Crippen molar-refractivity contribution >= 4 is 36.5 Å². The Morgan fingerprint density at radius 3 is 2.57 bits per heavy atom. The summed E-state index contributed by atoms with van der Waals surface area (Å²) in [5.74, 6) is 0.0536. The number of rotatable bonds is 9. The molecular weight excluding hydrogens is 431 g/mol. The van der Waals surface area contributed by atoms with E-state index >= 15 is 0 Å². The summed E-state index contributed by atoms with van der Waals surface area (Å²) in [6, 6.07) is 8.42. The van der Waals surface area contributed by atoms with Crippen molar-refractivity contribution < 1.29 is 32.5 Å². The number of benzene rings is 1. The first-order chi connectivity index (χ1) is 14.1. The number of phosphoric ester groups is 1. The van der Waals surface area contributed by atoms with Gasteiger partial charge in [0, 0.05) is 37.6 Å². The molecule has 1 heterocycles. The molecule has 0 spiro atoms. The van der Waals surface area contributed by atoms with Crippen LogP contribution in [0.25, 0.3) is 0 Å². The Morgan fingerprint density at radius 1 is 1.20 bits per heavy atom. The number of amides is 2. The molecule has 2 amide bonds. The van der Waals surface area contributed by atoms with Crippen LogP contribution >= 0.6 is 19.6 Å². The van der Waals surface area contributed by atoms with Crippen LogP contribution in [0.3, 0.4) is 0 Å². The zero-order chi connectivity index (χ0) is 22.2. The Morgan fingerprint density at radius 2 is 1.90 bits per heavy atom. The van der Waals surface area contributed by atoms with Crippen molar-refractivity contribution in [3.8, 4) is 5.75 Å². The van der Waals surface area contributed by atoms with E-state index < -0.39 is 25.2 Å². The van der Waals surface area contributed by atoms with Gasteiger partial charge in [-0.05, 0) is 12.1 Å². The van der Waals surface area contributed by atoms with Crippen LogP contribution in [0.1, 0.15) is 27.2 Å². The molecule has 1 aromatic carbocycles. The van der Waals surface area contributed by atoms with Gasteiger partial charge in [-0.15, -0.1) is 0 Å². The zero-order valence-corrected chi connectivity index (χ0v) is 18.9. The van der Waals surface area contributed by atoms with E-state index in [1.54, 1.807) is 44.2 Å². The minimum atomic E-state index is -3.97. The van der Waals surface area contributed by atoms with Gasteiger partial charge in [-0.2, -0.15) is 0 Å². The van der Waals surface area contributed by atoms with Gasteiger partial charge in [0.2, 0.25) is 5.91 Å².